The van der Waals surface area contributed by atoms with E-state index in [9.17, 15) is 4.79 Å². The zero-order valence-electron chi connectivity index (χ0n) is 8.05. The van der Waals surface area contributed by atoms with Crippen LogP contribution in [0, 0.1) is 5.92 Å². The molecule has 0 bridgehead atoms. The largest absolute Gasteiger partial charge is 0.349 e. The van der Waals surface area contributed by atoms with Crippen molar-refractivity contribution in [3.63, 3.8) is 0 Å². The van der Waals surface area contributed by atoms with Gasteiger partial charge in [-0.2, -0.15) is 0 Å². The van der Waals surface area contributed by atoms with Crippen molar-refractivity contribution in [1.82, 2.24) is 5.32 Å². The molecule has 3 N–H and O–H groups in total. The summed E-state index contributed by atoms with van der Waals surface area (Å²) in [5.41, 5.74) is 5.45. The van der Waals surface area contributed by atoms with Crippen molar-refractivity contribution in [3.8, 4) is 0 Å². The summed E-state index contributed by atoms with van der Waals surface area (Å²) in [6.07, 6.45) is 2.09. The zero-order chi connectivity index (χ0) is 9.35. The van der Waals surface area contributed by atoms with E-state index in [2.05, 4.69) is 5.32 Å². The molecule has 0 aromatic heterocycles. The molecule has 0 saturated heterocycles. The van der Waals surface area contributed by atoms with Gasteiger partial charge in [-0.15, -0.1) is 0 Å². The van der Waals surface area contributed by atoms with E-state index in [-0.39, 0.29) is 23.4 Å². The summed E-state index contributed by atoms with van der Waals surface area (Å²) in [5.74, 6) is 0.431. The highest BCUT2D eigenvalue weighted by molar-refractivity contribution is 5.81. The van der Waals surface area contributed by atoms with Crippen molar-refractivity contribution >= 4 is 5.91 Å². The Kier molecular flexibility index (Phi) is 2.42. The topological polar surface area (TPSA) is 55.1 Å². The van der Waals surface area contributed by atoms with Gasteiger partial charge < -0.3 is 11.1 Å². The number of hydrogen-bond donors (Lipinski definition) is 2. The van der Waals surface area contributed by atoms with Gasteiger partial charge in [0, 0.05) is 17.5 Å². The number of nitrogens with one attached hydrogen (secondary N) is 1. The smallest absolute Gasteiger partial charge is 0.223 e. The first-order valence-electron chi connectivity index (χ1n) is 4.51. The van der Waals surface area contributed by atoms with Gasteiger partial charge in [-0.3, -0.25) is 4.79 Å². The molecule has 1 atom stereocenters. The van der Waals surface area contributed by atoms with E-state index >= 15 is 0 Å². The van der Waals surface area contributed by atoms with Gasteiger partial charge in [0.05, 0.1) is 0 Å². The summed E-state index contributed by atoms with van der Waals surface area (Å²) in [5, 5.41) is 2.95. The third kappa shape index (κ3) is 2.21. The number of carbonyl (C=O) groups excluding carboxylic acids is 1. The lowest BCUT2D eigenvalue weighted by molar-refractivity contribution is -0.124. The van der Waals surface area contributed by atoms with Crippen LogP contribution in [0.5, 0.6) is 0 Å². The van der Waals surface area contributed by atoms with Gasteiger partial charge in [-0.05, 0) is 33.6 Å². The molecule has 1 aliphatic rings. The first-order chi connectivity index (χ1) is 5.43. The Hall–Kier alpha value is -0.570. The highest BCUT2D eigenvalue weighted by atomic mass is 16.2. The van der Waals surface area contributed by atoms with Crippen LogP contribution in [-0.4, -0.2) is 17.5 Å². The van der Waals surface area contributed by atoms with E-state index < -0.39 is 0 Å². The molecule has 0 aliphatic heterocycles. The lowest BCUT2D eigenvalue weighted by Gasteiger charge is -2.30. The average Bonchev–Trinajstić information content (AvgIpc) is 2.65. The molecular weight excluding hydrogens is 152 g/mol. The Bertz CT molecular complexity index is 183. The molecule has 1 rings (SSSR count). The average molecular weight is 170 g/mol. The molecule has 70 valence electrons. The molecule has 0 spiro atoms. The molecule has 1 saturated carbocycles. The quantitative estimate of drug-likeness (QED) is 0.653. The summed E-state index contributed by atoms with van der Waals surface area (Å²) in [7, 11) is 0. The molecular formula is C9H18N2O. The fourth-order valence-electron chi connectivity index (χ4n) is 0.879. The van der Waals surface area contributed by atoms with Crippen LogP contribution in [0.15, 0.2) is 0 Å². The molecule has 3 heteroatoms. The van der Waals surface area contributed by atoms with E-state index in [0.29, 0.717) is 0 Å². The van der Waals surface area contributed by atoms with Crippen molar-refractivity contribution in [1.29, 1.82) is 0 Å². The molecule has 0 radical (unpaired) electrons. The van der Waals surface area contributed by atoms with Crippen LogP contribution >= 0.6 is 0 Å². The molecule has 1 fully saturated rings. The molecule has 0 aromatic carbocycles. The molecule has 1 amide bonds. The summed E-state index contributed by atoms with van der Waals surface area (Å²) < 4.78 is 0. The van der Waals surface area contributed by atoms with E-state index in [1.165, 1.54) is 0 Å². The number of amides is 1. The van der Waals surface area contributed by atoms with Gasteiger partial charge in [0.2, 0.25) is 5.91 Å². The van der Waals surface area contributed by atoms with Gasteiger partial charge in [0.15, 0.2) is 0 Å². The second-order valence-corrected chi connectivity index (χ2v) is 4.27. The van der Waals surface area contributed by atoms with E-state index in [4.69, 9.17) is 5.73 Å². The van der Waals surface area contributed by atoms with Crippen molar-refractivity contribution in [3.05, 3.63) is 0 Å². The Morgan fingerprint density at radius 3 is 2.42 bits per heavy atom. The van der Waals surface area contributed by atoms with Crippen LogP contribution in [0.2, 0.25) is 0 Å². The number of hydrogen-bond acceptors (Lipinski definition) is 2. The number of rotatable bonds is 3. The highest BCUT2D eigenvalue weighted by Gasteiger charge is 2.34. The number of carbonyl (C=O) groups is 1. The van der Waals surface area contributed by atoms with Crippen LogP contribution in [-0.2, 0) is 4.79 Å². The van der Waals surface area contributed by atoms with E-state index in [0.717, 1.165) is 12.8 Å². The predicted molar refractivity (Wildman–Crippen MR) is 48.6 cm³/mol. The molecule has 3 nitrogen and oxygen atoms in total. The lowest BCUT2D eigenvalue weighted by atomic mass is 9.96. The maximum absolute atomic E-state index is 11.4. The molecule has 1 aliphatic carbocycles. The van der Waals surface area contributed by atoms with Gasteiger partial charge in [-0.25, -0.2) is 0 Å². The van der Waals surface area contributed by atoms with Crippen LogP contribution < -0.4 is 11.1 Å². The van der Waals surface area contributed by atoms with Gasteiger partial charge in [-0.1, -0.05) is 0 Å². The minimum absolute atomic E-state index is 0.0137. The minimum atomic E-state index is -0.278. The van der Waals surface area contributed by atoms with Crippen molar-refractivity contribution in [2.45, 2.75) is 45.2 Å². The Balaban J connectivity index is 2.42. The SMILES string of the molecule is CC(N)C(C)(C)NC(=O)C1CC1. The third-order valence-corrected chi connectivity index (χ3v) is 2.53. The predicted octanol–water partition coefficient (Wildman–Crippen LogP) is 0.638. The van der Waals surface area contributed by atoms with Crippen LogP contribution in [0.25, 0.3) is 0 Å². The van der Waals surface area contributed by atoms with Crippen molar-refractivity contribution in [2.75, 3.05) is 0 Å². The summed E-state index contributed by atoms with van der Waals surface area (Å²) >= 11 is 0. The standard InChI is InChI=1S/C9H18N2O/c1-6(10)9(2,3)11-8(12)7-4-5-7/h6-7H,4-5,10H2,1-3H3,(H,11,12). The van der Waals surface area contributed by atoms with Crippen LogP contribution in [0.1, 0.15) is 33.6 Å². The molecule has 1 unspecified atom stereocenters. The third-order valence-electron chi connectivity index (χ3n) is 2.53. The Labute approximate surface area is 73.7 Å². The fraction of sp³-hybridized carbons (Fsp3) is 0.889. The minimum Gasteiger partial charge on any atom is -0.349 e. The summed E-state index contributed by atoms with van der Waals surface area (Å²) in [4.78, 5) is 11.4. The maximum atomic E-state index is 11.4. The van der Waals surface area contributed by atoms with E-state index in [1.54, 1.807) is 0 Å². The van der Waals surface area contributed by atoms with Crippen molar-refractivity contribution < 1.29 is 4.79 Å². The molecule has 12 heavy (non-hydrogen) atoms. The van der Waals surface area contributed by atoms with Crippen LogP contribution in [0.4, 0.5) is 0 Å². The monoisotopic (exact) mass is 170 g/mol. The lowest BCUT2D eigenvalue weighted by Crippen LogP contribution is -2.54. The van der Waals surface area contributed by atoms with Gasteiger partial charge in [0.1, 0.15) is 0 Å². The second-order valence-electron chi connectivity index (χ2n) is 4.27. The first-order valence-corrected chi connectivity index (χ1v) is 4.51. The summed E-state index contributed by atoms with van der Waals surface area (Å²) in [6, 6.07) is -0.0137. The Morgan fingerprint density at radius 2 is 2.08 bits per heavy atom. The highest BCUT2D eigenvalue weighted by Crippen LogP contribution is 2.29. The Morgan fingerprint density at radius 1 is 1.58 bits per heavy atom. The number of nitrogens with two attached hydrogens (primary N) is 1. The summed E-state index contributed by atoms with van der Waals surface area (Å²) in [6.45, 7) is 5.82. The van der Waals surface area contributed by atoms with Gasteiger partial charge in [0.25, 0.3) is 0 Å². The molecule has 0 heterocycles. The van der Waals surface area contributed by atoms with Crippen LogP contribution in [0.3, 0.4) is 0 Å². The second kappa shape index (κ2) is 3.05. The van der Waals surface area contributed by atoms with Gasteiger partial charge >= 0.3 is 0 Å². The maximum Gasteiger partial charge on any atom is 0.223 e. The first kappa shape index (κ1) is 9.52. The van der Waals surface area contributed by atoms with Crippen molar-refractivity contribution in [2.24, 2.45) is 11.7 Å². The van der Waals surface area contributed by atoms with E-state index in [1.807, 2.05) is 20.8 Å². The fourth-order valence-corrected chi connectivity index (χ4v) is 0.879. The zero-order valence-corrected chi connectivity index (χ0v) is 8.05. The molecule has 0 aromatic rings. The normalized spacial score (nSPS) is 20.3.